The van der Waals surface area contributed by atoms with Gasteiger partial charge in [-0.15, -0.1) is 0 Å². The van der Waals surface area contributed by atoms with Crippen molar-refractivity contribution < 1.29 is 26.3 Å². The molecule has 79 valence electrons. The summed E-state index contributed by atoms with van der Waals surface area (Å²) in [6.45, 7) is 2.60. The number of halogens is 6. The molecule has 0 spiro atoms. The van der Waals surface area contributed by atoms with Gasteiger partial charge in [0.05, 0.1) is 6.42 Å². The third-order valence-electron chi connectivity index (χ3n) is 1.49. The van der Waals surface area contributed by atoms with Gasteiger partial charge in [0.2, 0.25) is 0 Å². The Morgan fingerprint density at radius 1 is 1.00 bits per heavy atom. The highest BCUT2D eigenvalue weighted by atomic mass is 19.3. The molecule has 0 aromatic rings. The molecule has 0 aromatic heterocycles. The molecule has 13 heavy (non-hydrogen) atoms. The van der Waals surface area contributed by atoms with Crippen LogP contribution in [-0.2, 0) is 0 Å². The molecule has 0 N–H and O–H groups in total. The van der Waals surface area contributed by atoms with Crippen molar-refractivity contribution in [2.24, 2.45) is 0 Å². The molecular formula is C7H9F6. The van der Waals surface area contributed by atoms with Crippen molar-refractivity contribution >= 4 is 0 Å². The molecule has 0 heterocycles. The molecule has 0 atom stereocenters. The van der Waals surface area contributed by atoms with Gasteiger partial charge in [0.1, 0.15) is 0 Å². The fourth-order valence-electron chi connectivity index (χ4n) is 0.568. The van der Waals surface area contributed by atoms with E-state index in [9.17, 15) is 26.3 Å². The summed E-state index contributed by atoms with van der Waals surface area (Å²) < 4.78 is 73.4. The minimum atomic E-state index is -4.70. The van der Waals surface area contributed by atoms with E-state index in [1.54, 1.807) is 0 Å². The predicted octanol–water partition coefficient (Wildman–Crippen LogP) is 3.53. The second-order valence-corrected chi connectivity index (χ2v) is 2.88. The van der Waals surface area contributed by atoms with E-state index in [0.717, 1.165) is 0 Å². The van der Waals surface area contributed by atoms with E-state index >= 15 is 0 Å². The lowest BCUT2D eigenvalue weighted by molar-refractivity contribution is -0.229. The number of rotatable bonds is 4. The Labute approximate surface area is 71.9 Å². The molecule has 0 aliphatic carbocycles. The Kier molecular flexibility index (Phi) is 3.27. The molecule has 0 nitrogen and oxygen atoms in total. The lowest BCUT2D eigenvalue weighted by Gasteiger charge is -2.26. The number of hydrogen-bond donors (Lipinski definition) is 0. The quantitative estimate of drug-likeness (QED) is 0.618. The van der Waals surface area contributed by atoms with Gasteiger partial charge in [-0.2, -0.15) is 8.78 Å². The van der Waals surface area contributed by atoms with E-state index in [1.807, 2.05) is 0 Å². The molecule has 0 saturated heterocycles. The second-order valence-electron chi connectivity index (χ2n) is 2.88. The smallest absolute Gasteiger partial charge is 0.207 e. The molecule has 0 saturated carbocycles. The molecule has 6 heteroatoms. The lowest BCUT2D eigenvalue weighted by Crippen LogP contribution is -2.42. The minimum absolute atomic E-state index is 0.0911. The average molecular weight is 207 g/mol. The molecular weight excluding hydrogens is 198 g/mol. The summed E-state index contributed by atoms with van der Waals surface area (Å²) >= 11 is 0. The summed E-state index contributed by atoms with van der Waals surface area (Å²) in [7, 11) is 0. The standard InChI is InChI=1S/C7H9F6/c1-3-6(10,11)4-7(12,13)5(2,8)9/h1,3-4H2,2H3. The van der Waals surface area contributed by atoms with Gasteiger partial charge in [0, 0.05) is 13.3 Å². The lowest BCUT2D eigenvalue weighted by atomic mass is 10.0. The van der Waals surface area contributed by atoms with E-state index in [1.165, 1.54) is 0 Å². The first-order valence-electron chi connectivity index (χ1n) is 3.44. The van der Waals surface area contributed by atoms with Gasteiger partial charge in [-0.25, -0.2) is 17.6 Å². The molecule has 1 radical (unpaired) electrons. The fraction of sp³-hybridized carbons (Fsp3) is 0.857. The topological polar surface area (TPSA) is 0 Å². The summed E-state index contributed by atoms with van der Waals surface area (Å²) in [4.78, 5) is 0. The van der Waals surface area contributed by atoms with Crippen LogP contribution in [0.4, 0.5) is 26.3 Å². The van der Waals surface area contributed by atoms with Gasteiger partial charge >= 0.3 is 11.8 Å². The van der Waals surface area contributed by atoms with Crippen LogP contribution in [-0.4, -0.2) is 17.8 Å². The Hall–Kier alpha value is -0.420. The second kappa shape index (κ2) is 3.38. The largest absolute Gasteiger partial charge is 0.315 e. The van der Waals surface area contributed by atoms with E-state index in [4.69, 9.17) is 0 Å². The first kappa shape index (κ1) is 12.6. The Morgan fingerprint density at radius 3 is 1.62 bits per heavy atom. The van der Waals surface area contributed by atoms with Crippen molar-refractivity contribution in [3.63, 3.8) is 0 Å². The third kappa shape index (κ3) is 3.44. The molecule has 0 bridgehead atoms. The first-order valence-corrected chi connectivity index (χ1v) is 3.44. The van der Waals surface area contributed by atoms with Crippen LogP contribution in [0.3, 0.4) is 0 Å². The van der Waals surface area contributed by atoms with Crippen molar-refractivity contribution in [1.82, 2.24) is 0 Å². The number of hydrogen-bond acceptors (Lipinski definition) is 0. The SMILES string of the molecule is [CH2]CC(F)(F)CC(F)(F)C(C)(F)F. The van der Waals surface area contributed by atoms with Crippen molar-refractivity contribution in [2.75, 3.05) is 0 Å². The Balaban J connectivity index is 4.52. The van der Waals surface area contributed by atoms with Crippen LogP contribution in [0.15, 0.2) is 0 Å². The van der Waals surface area contributed by atoms with Crippen LogP contribution in [0.1, 0.15) is 19.8 Å². The van der Waals surface area contributed by atoms with Crippen molar-refractivity contribution in [3.8, 4) is 0 Å². The maximum absolute atomic E-state index is 12.4. The molecule has 0 aliphatic rings. The number of alkyl halides is 6. The summed E-state index contributed by atoms with van der Waals surface area (Å²) in [5.74, 6) is -13.0. The Bertz CT molecular complexity index is 168. The van der Waals surface area contributed by atoms with Crippen LogP contribution in [0.25, 0.3) is 0 Å². The molecule has 0 fully saturated rings. The van der Waals surface area contributed by atoms with E-state index in [-0.39, 0.29) is 6.92 Å². The van der Waals surface area contributed by atoms with E-state index in [0.29, 0.717) is 0 Å². The highest BCUT2D eigenvalue weighted by molar-refractivity contribution is 4.86. The molecule has 0 aliphatic heterocycles. The molecule has 0 unspecified atom stereocenters. The fourth-order valence-corrected chi connectivity index (χ4v) is 0.568. The monoisotopic (exact) mass is 207 g/mol. The summed E-state index contributed by atoms with van der Waals surface area (Å²) in [6, 6.07) is 0. The van der Waals surface area contributed by atoms with Gasteiger partial charge in [0.15, 0.2) is 0 Å². The van der Waals surface area contributed by atoms with E-state index < -0.39 is 30.6 Å². The van der Waals surface area contributed by atoms with Gasteiger partial charge in [-0.3, -0.25) is 0 Å². The maximum Gasteiger partial charge on any atom is 0.315 e. The third-order valence-corrected chi connectivity index (χ3v) is 1.49. The average Bonchev–Trinajstić information content (AvgIpc) is 1.83. The zero-order valence-corrected chi connectivity index (χ0v) is 6.89. The van der Waals surface area contributed by atoms with Crippen LogP contribution < -0.4 is 0 Å². The van der Waals surface area contributed by atoms with Gasteiger partial charge in [-0.05, 0) is 6.92 Å². The van der Waals surface area contributed by atoms with Crippen LogP contribution in [0.5, 0.6) is 0 Å². The molecule has 0 aromatic carbocycles. The van der Waals surface area contributed by atoms with Gasteiger partial charge < -0.3 is 0 Å². The summed E-state index contributed by atoms with van der Waals surface area (Å²) in [5, 5.41) is 0. The zero-order valence-electron chi connectivity index (χ0n) is 6.89. The van der Waals surface area contributed by atoms with Gasteiger partial charge in [-0.1, -0.05) is 0 Å². The summed E-state index contributed by atoms with van der Waals surface area (Å²) in [6.07, 6.45) is -3.30. The van der Waals surface area contributed by atoms with E-state index in [2.05, 4.69) is 6.92 Å². The van der Waals surface area contributed by atoms with Crippen LogP contribution in [0, 0.1) is 6.92 Å². The first-order chi connectivity index (χ1) is 5.52. The summed E-state index contributed by atoms with van der Waals surface area (Å²) in [5.41, 5.74) is 0. The van der Waals surface area contributed by atoms with Crippen molar-refractivity contribution in [1.29, 1.82) is 0 Å². The highest BCUT2D eigenvalue weighted by Gasteiger charge is 2.56. The zero-order chi connectivity index (χ0) is 10.9. The normalized spacial score (nSPS) is 14.8. The minimum Gasteiger partial charge on any atom is -0.207 e. The highest BCUT2D eigenvalue weighted by Crippen LogP contribution is 2.42. The Morgan fingerprint density at radius 2 is 1.38 bits per heavy atom. The van der Waals surface area contributed by atoms with Crippen molar-refractivity contribution in [2.45, 2.75) is 37.5 Å². The van der Waals surface area contributed by atoms with Crippen LogP contribution in [0.2, 0.25) is 0 Å². The molecule has 0 rings (SSSR count). The van der Waals surface area contributed by atoms with Crippen LogP contribution >= 0.6 is 0 Å². The maximum atomic E-state index is 12.4. The molecule has 0 amide bonds. The van der Waals surface area contributed by atoms with Gasteiger partial charge in [0.25, 0.3) is 5.92 Å². The predicted molar refractivity (Wildman–Crippen MR) is 35.1 cm³/mol. The van der Waals surface area contributed by atoms with Crippen molar-refractivity contribution in [3.05, 3.63) is 6.92 Å².